The van der Waals surface area contributed by atoms with Crippen molar-refractivity contribution >= 4 is 109 Å². The highest BCUT2D eigenvalue weighted by Gasteiger charge is 2.44. The van der Waals surface area contributed by atoms with Crippen LogP contribution in [0.4, 0.5) is 10.5 Å². The molecule has 0 spiro atoms. The number of nitrogens with zero attached hydrogens (tertiary/aromatic N) is 3. The van der Waals surface area contributed by atoms with Gasteiger partial charge in [0, 0.05) is 85.4 Å². The highest BCUT2D eigenvalue weighted by Crippen LogP contribution is 2.33. The molecule has 0 aliphatic carbocycles. The quantitative estimate of drug-likeness (QED) is 0.0112. The predicted molar refractivity (Wildman–Crippen MR) is 403 cm³/mol. The average Bonchev–Trinajstić information content (AvgIpc) is 1.18. The van der Waals surface area contributed by atoms with Crippen LogP contribution in [0, 0.1) is 23.7 Å². The topological polar surface area (TPSA) is 490 Å². The Kier molecular flexibility index (Phi) is 39.5. The second-order valence-electron chi connectivity index (χ2n) is 27.8. The van der Waals surface area contributed by atoms with Crippen molar-refractivity contribution < 1.29 is 109 Å². The summed E-state index contributed by atoms with van der Waals surface area (Å²) in [5.41, 5.74) is 5.84. The van der Waals surface area contributed by atoms with Crippen LogP contribution in [0.2, 0.25) is 0 Å². The minimum Gasteiger partial charge on any atom is -0.459 e. The van der Waals surface area contributed by atoms with E-state index >= 15 is 0 Å². The molecular weight excluding hydrogens is 1470 g/mol. The first kappa shape index (κ1) is 94.8. The lowest BCUT2D eigenvalue weighted by molar-refractivity contribution is -0.170. The van der Waals surface area contributed by atoms with Crippen molar-refractivity contribution in [2.45, 2.75) is 208 Å². The van der Waals surface area contributed by atoms with E-state index in [0.29, 0.717) is 11.1 Å². The zero-order chi connectivity index (χ0) is 83.8. The van der Waals surface area contributed by atoms with E-state index in [9.17, 15) is 81.3 Å². The molecule has 2 aromatic rings. The molecule has 2 aromatic carbocycles. The molecule has 37 heteroatoms. The molecule has 1 heterocycles. The molecule has 0 saturated heterocycles. The van der Waals surface area contributed by atoms with E-state index in [2.05, 4.69) is 54.4 Å². The molecule has 1 aliphatic rings. The van der Waals surface area contributed by atoms with Gasteiger partial charge in [0.2, 0.25) is 47.3 Å². The number of ether oxygens (including phenoxy) is 4. The number of imide groups is 1. The van der Waals surface area contributed by atoms with Gasteiger partial charge in [-0.25, -0.2) is 14.4 Å². The molecule has 0 saturated carbocycles. The normalized spacial score (nSPS) is 15.4. The summed E-state index contributed by atoms with van der Waals surface area (Å²) in [5.74, 6) is -14.9. The Balaban J connectivity index is 1.77. The molecule has 111 heavy (non-hydrogen) atoms. The average molecular weight is 1580 g/mol. The molecule has 36 nitrogen and oxygen atoms in total. The molecule has 1 aliphatic heterocycles. The number of benzene rings is 2. The smallest absolute Gasteiger partial charge is 0.333 e. The number of carbonyl (C=O) groups excluding carboxylic acids is 16. The molecule has 0 radical (unpaired) electrons. The van der Waals surface area contributed by atoms with Gasteiger partial charge in [0.15, 0.2) is 18.2 Å². The van der Waals surface area contributed by atoms with Crippen molar-refractivity contribution in [1.29, 1.82) is 0 Å². The molecule has 13 atom stereocenters. The van der Waals surface area contributed by atoms with Crippen molar-refractivity contribution in [3.8, 4) is 0 Å². The molecule has 614 valence electrons. The van der Waals surface area contributed by atoms with Crippen LogP contribution in [-0.2, 0) is 118 Å². The van der Waals surface area contributed by atoms with E-state index < -0.39 is 205 Å². The van der Waals surface area contributed by atoms with Crippen molar-refractivity contribution in [1.82, 2.24) is 57.2 Å². The van der Waals surface area contributed by atoms with E-state index in [1.54, 1.807) is 92.6 Å². The Hall–Kier alpha value is -10.5. The Labute approximate surface area is 646 Å². The van der Waals surface area contributed by atoms with Gasteiger partial charge in [-0.1, -0.05) is 111 Å². The number of likely N-dealkylation sites (N-methyl/N-ethyl adjacent to an activating group) is 3. The Bertz CT molecular complexity index is 3670. The van der Waals surface area contributed by atoms with Crippen LogP contribution in [0.1, 0.15) is 133 Å². The number of amides is 14. The maximum Gasteiger partial charge on any atom is 0.333 e. The van der Waals surface area contributed by atoms with Gasteiger partial charge in [-0.15, -0.1) is 0 Å². The van der Waals surface area contributed by atoms with Crippen LogP contribution in [0.5, 0.6) is 0 Å². The van der Waals surface area contributed by atoms with E-state index in [1.165, 1.54) is 73.3 Å². The van der Waals surface area contributed by atoms with Gasteiger partial charge in [0.05, 0.1) is 19.1 Å². The highest BCUT2D eigenvalue weighted by atomic mass is 31.1. The summed E-state index contributed by atoms with van der Waals surface area (Å²) in [6, 6.07) is 3.30. The number of primary amides is 1. The van der Waals surface area contributed by atoms with Crippen molar-refractivity contribution in [2.24, 2.45) is 29.4 Å². The second kappa shape index (κ2) is 46.3. The SMILES string of the molecule is C=C(C(=O)N[C@@H](C)C(=O)N(C)[C@@H](C)C(=O)N[C@H](C(=O)NC)[C@H](OC(=O)[C@@H](NC(=O)CC)[C@H](O[PH](=O)OCc1ccc(NC(=O)[C@H](CCCNC(N)=O)NC(=O)[C@@H](NC(=O)CCN2C(=O)C=CC2=O)C(C)C)cc1)C(C)C)C(C)C)N(C)C(=O)[C@@H](Cc1ccccc1)OC(=O)[C@@H](NC(C)=O)[C@H](OC(=O)C[C@@H](C)OC)C(C)C. The first-order valence-corrected chi connectivity index (χ1v) is 37.5. The number of nitrogens with two attached hydrogens (primary N) is 1. The van der Waals surface area contributed by atoms with Gasteiger partial charge in [-0.2, -0.15) is 0 Å². The van der Waals surface area contributed by atoms with E-state index in [0.717, 1.165) is 33.8 Å². The number of methoxy groups -OCH3 is 1. The van der Waals surface area contributed by atoms with Gasteiger partial charge in [-0.05, 0) is 80.5 Å². The first-order valence-electron chi connectivity index (χ1n) is 36.3. The second-order valence-corrected chi connectivity index (χ2v) is 28.8. The number of hydrogen-bond donors (Lipinski definition) is 10. The van der Waals surface area contributed by atoms with Gasteiger partial charge >= 0.3 is 32.2 Å². The zero-order valence-electron chi connectivity index (χ0n) is 66.0. The molecule has 0 fully saturated rings. The highest BCUT2D eigenvalue weighted by molar-refractivity contribution is 7.33. The zero-order valence-corrected chi connectivity index (χ0v) is 67.0. The van der Waals surface area contributed by atoms with Crippen LogP contribution >= 0.6 is 8.25 Å². The Morgan fingerprint density at radius 1 is 0.622 bits per heavy atom. The third-order valence-corrected chi connectivity index (χ3v) is 18.5. The van der Waals surface area contributed by atoms with Crippen molar-refractivity contribution in [2.75, 3.05) is 46.7 Å². The molecule has 0 bridgehead atoms. The van der Waals surface area contributed by atoms with Crippen molar-refractivity contribution in [3.63, 3.8) is 0 Å². The number of anilines is 1. The largest absolute Gasteiger partial charge is 0.459 e. The fourth-order valence-corrected chi connectivity index (χ4v) is 11.9. The third kappa shape index (κ3) is 30.7. The summed E-state index contributed by atoms with van der Waals surface area (Å²) in [6.07, 6.45) is -4.99. The van der Waals surface area contributed by atoms with Gasteiger partial charge in [0.1, 0.15) is 54.2 Å². The number of carbonyl (C=O) groups is 16. The summed E-state index contributed by atoms with van der Waals surface area (Å²) in [7, 11) is 1.47. The lowest BCUT2D eigenvalue weighted by Gasteiger charge is -2.34. The fourth-order valence-electron chi connectivity index (χ4n) is 10.9. The maximum absolute atomic E-state index is 14.6. The molecule has 11 N–H and O–H groups in total. The molecular formula is C74H110N13O23P. The maximum atomic E-state index is 14.6. The first-order chi connectivity index (χ1) is 52.1. The molecule has 14 amide bonds. The third-order valence-electron chi connectivity index (χ3n) is 17.6. The Morgan fingerprint density at radius 2 is 1.19 bits per heavy atom. The number of nitrogens with one attached hydrogen (secondary N) is 9. The minimum atomic E-state index is -3.57. The summed E-state index contributed by atoms with van der Waals surface area (Å²) in [5, 5.41) is 22.8. The van der Waals surface area contributed by atoms with Crippen LogP contribution in [-0.4, -0.2) is 224 Å². The van der Waals surface area contributed by atoms with Crippen LogP contribution < -0.4 is 53.6 Å². The van der Waals surface area contributed by atoms with Crippen molar-refractivity contribution in [3.05, 3.63) is 90.2 Å². The van der Waals surface area contributed by atoms with Gasteiger partial charge in [-0.3, -0.25) is 71.8 Å². The number of rotatable bonds is 46. The lowest BCUT2D eigenvalue weighted by atomic mass is 9.96. The number of urea groups is 1. The van der Waals surface area contributed by atoms with Gasteiger partial charge < -0.3 is 91.4 Å². The predicted octanol–water partition coefficient (Wildman–Crippen LogP) is 1.63. The van der Waals surface area contributed by atoms with Crippen LogP contribution in [0.3, 0.4) is 0 Å². The summed E-state index contributed by atoms with van der Waals surface area (Å²) in [4.78, 5) is 216. The Morgan fingerprint density at radius 3 is 1.73 bits per heavy atom. The number of hydrogen-bond acceptors (Lipinski definition) is 23. The summed E-state index contributed by atoms with van der Waals surface area (Å²) < 4.78 is 47.9. The van der Waals surface area contributed by atoms with Crippen LogP contribution in [0.15, 0.2) is 79.0 Å². The van der Waals surface area contributed by atoms with Crippen LogP contribution in [0.25, 0.3) is 0 Å². The minimum absolute atomic E-state index is 0.00540. The molecule has 0 aromatic heterocycles. The van der Waals surface area contributed by atoms with E-state index in [1.807, 2.05) is 0 Å². The number of esters is 3. The van der Waals surface area contributed by atoms with Gasteiger partial charge in [0.25, 0.3) is 23.6 Å². The van der Waals surface area contributed by atoms with E-state index in [-0.39, 0.29) is 63.9 Å². The molecule has 1 unspecified atom stereocenters. The summed E-state index contributed by atoms with van der Waals surface area (Å²) >= 11 is 0. The molecule has 3 rings (SSSR count). The summed E-state index contributed by atoms with van der Waals surface area (Å²) in [6.45, 7) is 23.0. The standard InChI is InChI=1S/C74H110N13O23P/c1-19-53(89)82-61(64(42(8)9)110-111(104)106-38-49-27-29-50(30-28-49)80-67(96)51(26-23-34-77-74(75)103)81-69(98)58(39(2)3)83-54(90)33-35-87-55(91)31-32-56(87)92)73(102)109-62(40(4)5)59(68(97)76-15)84-66(95)46(13)85(16)70(99)44(11)78-65(94)45(12)86(17)71(100)52(37-48-24-21-20-22-25-48)107-72(101)60(79-47(14)88)63(41(6)7)108-57(93)36-43(10)105-18/h20-22,24-25,27-32,39-44,46,51-52,58-64,111H,12,19,23,26,33-38H2,1-11,13-18H3,(H,76,97)(H,78,94)(H,79,88)(H,80,96)(H,81,98)(H,82,89)(H,83,90)(H,84,95)(H3,75,77,103)/t43-,44+,46+,51+,52-,58+,59+,60+,61+,62-,63-,64-/m1/s1. The lowest BCUT2D eigenvalue weighted by Crippen LogP contribution is -2.61. The fraction of sp³-hybridized carbons (Fsp3) is 0.568. The monoisotopic (exact) mass is 1580 g/mol. The van der Waals surface area contributed by atoms with E-state index in [4.69, 9.17) is 33.7 Å².